The molecule has 3 nitrogen and oxygen atoms in total. The van der Waals surface area contributed by atoms with Gasteiger partial charge in [-0.2, -0.15) is 0 Å². The third-order valence-corrected chi connectivity index (χ3v) is 3.05. The number of carbonyl (C=O) groups excluding carboxylic acids is 1. The van der Waals surface area contributed by atoms with E-state index in [1.807, 2.05) is 13.8 Å². The van der Waals surface area contributed by atoms with Gasteiger partial charge in [-0.25, -0.2) is 0 Å². The molecule has 0 aromatic rings. The molecule has 14 heavy (non-hydrogen) atoms. The van der Waals surface area contributed by atoms with Gasteiger partial charge in [-0.3, -0.25) is 4.79 Å². The number of ether oxygens (including phenoxy) is 2. The second-order valence-corrected chi connectivity index (χ2v) is 4.74. The van der Waals surface area contributed by atoms with Gasteiger partial charge >= 0.3 is 0 Å². The lowest BCUT2D eigenvalue weighted by Gasteiger charge is -2.18. The van der Waals surface area contributed by atoms with Crippen LogP contribution in [0, 0.1) is 5.92 Å². The Kier molecular flexibility index (Phi) is 2.62. The largest absolute Gasteiger partial charge is 0.348 e. The molecule has 0 aromatic heterocycles. The van der Waals surface area contributed by atoms with Crippen molar-refractivity contribution in [2.24, 2.45) is 5.92 Å². The predicted molar refractivity (Wildman–Crippen MR) is 51.9 cm³/mol. The van der Waals surface area contributed by atoms with Crippen LogP contribution in [0.25, 0.3) is 0 Å². The third kappa shape index (κ3) is 2.15. The van der Waals surface area contributed by atoms with E-state index in [0.29, 0.717) is 12.4 Å². The zero-order valence-electron chi connectivity index (χ0n) is 8.91. The normalized spacial score (nSPS) is 36.6. The maximum absolute atomic E-state index is 11.4. The molecule has 80 valence electrons. The summed E-state index contributed by atoms with van der Waals surface area (Å²) in [4.78, 5) is 11.4. The Bertz CT molecular complexity index is 235. The highest BCUT2D eigenvalue weighted by molar-refractivity contribution is 5.82. The first-order valence-corrected chi connectivity index (χ1v) is 5.41. The number of hydrogen-bond acceptors (Lipinski definition) is 3. The van der Waals surface area contributed by atoms with Gasteiger partial charge in [0.25, 0.3) is 0 Å². The molecule has 0 aromatic carbocycles. The van der Waals surface area contributed by atoms with Gasteiger partial charge in [0, 0.05) is 12.3 Å². The Labute approximate surface area is 84.8 Å². The smallest absolute Gasteiger partial charge is 0.163 e. The van der Waals surface area contributed by atoms with Crippen LogP contribution in [0.4, 0.5) is 0 Å². The molecule has 3 heteroatoms. The van der Waals surface area contributed by atoms with Gasteiger partial charge in [0.1, 0.15) is 5.78 Å². The summed E-state index contributed by atoms with van der Waals surface area (Å²) in [5.41, 5.74) is 0. The summed E-state index contributed by atoms with van der Waals surface area (Å²) in [7, 11) is 0. The van der Waals surface area contributed by atoms with Crippen molar-refractivity contribution in [1.82, 2.24) is 0 Å². The lowest BCUT2D eigenvalue weighted by atomic mass is 9.99. The number of ketones is 1. The Morgan fingerprint density at radius 3 is 2.79 bits per heavy atom. The van der Waals surface area contributed by atoms with Gasteiger partial charge in [0.15, 0.2) is 5.79 Å². The summed E-state index contributed by atoms with van der Waals surface area (Å²) < 4.78 is 11.1. The van der Waals surface area contributed by atoms with E-state index in [4.69, 9.17) is 9.47 Å². The summed E-state index contributed by atoms with van der Waals surface area (Å²) >= 11 is 0. The molecule has 1 saturated heterocycles. The molecule has 1 aliphatic carbocycles. The van der Waals surface area contributed by atoms with Crippen molar-refractivity contribution < 1.29 is 14.3 Å². The van der Waals surface area contributed by atoms with E-state index < -0.39 is 5.79 Å². The molecule has 1 saturated carbocycles. The summed E-state index contributed by atoms with van der Waals surface area (Å²) in [5, 5.41) is 0. The van der Waals surface area contributed by atoms with Crippen LogP contribution in [-0.2, 0) is 14.3 Å². The Balaban J connectivity index is 1.84. The van der Waals surface area contributed by atoms with Crippen molar-refractivity contribution in [3.05, 3.63) is 0 Å². The van der Waals surface area contributed by atoms with E-state index >= 15 is 0 Å². The van der Waals surface area contributed by atoms with E-state index in [0.717, 1.165) is 25.7 Å². The van der Waals surface area contributed by atoms with Gasteiger partial charge < -0.3 is 9.47 Å². The van der Waals surface area contributed by atoms with Crippen LogP contribution in [0.5, 0.6) is 0 Å². The molecule has 2 atom stereocenters. The monoisotopic (exact) mass is 198 g/mol. The van der Waals surface area contributed by atoms with Gasteiger partial charge in [-0.1, -0.05) is 0 Å². The average molecular weight is 198 g/mol. The lowest BCUT2D eigenvalue weighted by molar-refractivity contribution is -0.141. The molecular formula is C11H18O3. The van der Waals surface area contributed by atoms with Gasteiger partial charge in [0.2, 0.25) is 0 Å². The van der Waals surface area contributed by atoms with Crippen LogP contribution < -0.4 is 0 Å². The lowest BCUT2D eigenvalue weighted by Crippen LogP contribution is -2.23. The fraction of sp³-hybridized carbons (Fsp3) is 0.909. The second-order valence-electron chi connectivity index (χ2n) is 4.74. The zero-order chi connectivity index (χ0) is 10.2. The summed E-state index contributed by atoms with van der Waals surface area (Å²) in [6.45, 7) is 4.48. The SMILES string of the molecule is CC1(C)OCC(CC2CCCC2=O)O1. The first-order chi connectivity index (χ1) is 6.57. The van der Waals surface area contributed by atoms with Crippen LogP contribution in [-0.4, -0.2) is 24.3 Å². The van der Waals surface area contributed by atoms with Crippen molar-refractivity contribution in [3.63, 3.8) is 0 Å². The number of rotatable bonds is 2. The van der Waals surface area contributed by atoms with E-state index in [1.54, 1.807) is 0 Å². The van der Waals surface area contributed by atoms with Crippen LogP contribution in [0.2, 0.25) is 0 Å². The van der Waals surface area contributed by atoms with Crippen LogP contribution in [0.1, 0.15) is 39.5 Å². The molecule has 2 fully saturated rings. The van der Waals surface area contributed by atoms with Crippen LogP contribution in [0.15, 0.2) is 0 Å². The van der Waals surface area contributed by atoms with Crippen molar-refractivity contribution in [3.8, 4) is 0 Å². The van der Waals surface area contributed by atoms with Crippen molar-refractivity contribution in [2.45, 2.75) is 51.4 Å². The van der Waals surface area contributed by atoms with Crippen LogP contribution in [0.3, 0.4) is 0 Å². The molecule has 0 N–H and O–H groups in total. The first kappa shape index (κ1) is 10.1. The molecule has 2 unspecified atom stereocenters. The molecule has 2 aliphatic rings. The molecular weight excluding hydrogens is 180 g/mol. The minimum absolute atomic E-state index is 0.122. The van der Waals surface area contributed by atoms with Gasteiger partial charge in [-0.05, 0) is 33.1 Å². The summed E-state index contributed by atoms with van der Waals surface area (Å²) in [6, 6.07) is 0. The Hall–Kier alpha value is -0.410. The van der Waals surface area contributed by atoms with Crippen molar-refractivity contribution >= 4 is 5.78 Å². The fourth-order valence-corrected chi connectivity index (χ4v) is 2.33. The van der Waals surface area contributed by atoms with Crippen molar-refractivity contribution in [2.75, 3.05) is 6.61 Å². The second kappa shape index (κ2) is 3.63. The minimum Gasteiger partial charge on any atom is -0.348 e. The van der Waals surface area contributed by atoms with Gasteiger partial charge in [0.05, 0.1) is 12.7 Å². The highest BCUT2D eigenvalue weighted by atomic mass is 16.7. The summed E-state index contributed by atoms with van der Waals surface area (Å²) in [6.07, 6.45) is 3.83. The molecule has 0 amide bonds. The standard InChI is InChI=1S/C11H18O3/c1-11(2)13-7-9(14-11)6-8-4-3-5-10(8)12/h8-9H,3-7H2,1-2H3. The number of Topliss-reactive ketones (excluding diaryl/α,β-unsaturated/α-hetero) is 1. The van der Waals surface area contributed by atoms with E-state index in [1.165, 1.54) is 0 Å². The fourth-order valence-electron chi connectivity index (χ4n) is 2.33. The predicted octanol–water partition coefficient (Wildman–Crippen LogP) is 1.90. The number of carbonyl (C=O) groups is 1. The van der Waals surface area contributed by atoms with Crippen LogP contribution >= 0.6 is 0 Å². The number of hydrogen-bond donors (Lipinski definition) is 0. The maximum Gasteiger partial charge on any atom is 0.163 e. The van der Waals surface area contributed by atoms with E-state index in [-0.39, 0.29) is 12.0 Å². The molecule has 2 rings (SSSR count). The Morgan fingerprint density at radius 1 is 1.50 bits per heavy atom. The summed E-state index contributed by atoms with van der Waals surface area (Å²) in [5.74, 6) is 0.197. The van der Waals surface area contributed by atoms with Crippen molar-refractivity contribution in [1.29, 1.82) is 0 Å². The highest BCUT2D eigenvalue weighted by Gasteiger charge is 2.36. The zero-order valence-corrected chi connectivity index (χ0v) is 8.91. The first-order valence-electron chi connectivity index (χ1n) is 5.41. The topological polar surface area (TPSA) is 35.5 Å². The molecule has 0 bridgehead atoms. The van der Waals surface area contributed by atoms with Gasteiger partial charge in [-0.15, -0.1) is 0 Å². The minimum atomic E-state index is -0.452. The van der Waals surface area contributed by atoms with E-state index in [9.17, 15) is 4.79 Å². The molecule has 1 aliphatic heterocycles. The average Bonchev–Trinajstić information content (AvgIpc) is 2.61. The molecule has 0 radical (unpaired) electrons. The Morgan fingerprint density at radius 2 is 2.29 bits per heavy atom. The molecule has 1 heterocycles. The maximum atomic E-state index is 11.4. The third-order valence-electron chi connectivity index (χ3n) is 3.05. The molecule has 0 spiro atoms. The quantitative estimate of drug-likeness (QED) is 0.679. The van der Waals surface area contributed by atoms with E-state index in [2.05, 4.69) is 0 Å². The highest BCUT2D eigenvalue weighted by Crippen LogP contribution is 2.31.